The maximum Gasteiger partial charge on any atom is 0.142 e. The van der Waals surface area contributed by atoms with Gasteiger partial charge in [0.1, 0.15) is 5.75 Å². The number of para-hydroxylation sites is 1. The first-order valence-electron chi connectivity index (χ1n) is 7.35. The molecule has 2 atom stereocenters. The standard InChI is InChI=1S/C16H24ClNO/c1-3-18-11-13-7-5-9-15(17)16(13)19-14-8-4-6-12(2)10-14/h5,7,9,12,14,18H,3-4,6,8,10-11H2,1-2H3. The summed E-state index contributed by atoms with van der Waals surface area (Å²) in [5.74, 6) is 1.64. The summed E-state index contributed by atoms with van der Waals surface area (Å²) in [5, 5.41) is 4.07. The lowest BCUT2D eigenvalue weighted by Gasteiger charge is -2.28. The van der Waals surface area contributed by atoms with Gasteiger partial charge >= 0.3 is 0 Å². The van der Waals surface area contributed by atoms with Gasteiger partial charge in [-0.2, -0.15) is 0 Å². The second-order valence-electron chi connectivity index (χ2n) is 5.52. The Morgan fingerprint density at radius 1 is 1.37 bits per heavy atom. The van der Waals surface area contributed by atoms with E-state index in [9.17, 15) is 0 Å². The van der Waals surface area contributed by atoms with E-state index < -0.39 is 0 Å². The quantitative estimate of drug-likeness (QED) is 0.863. The Bertz CT molecular complexity index is 408. The Hall–Kier alpha value is -0.730. The van der Waals surface area contributed by atoms with Gasteiger partial charge in [0.2, 0.25) is 0 Å². The second kappa shape index (κ2) is 7.16. The largest absolute Gasteiger partial charge is 0.489 e. The summed E-state index contributed by atoms with van der Waals surface area (Å²) >= 11 is 6.31. The molecule has 2 unspecified atom stereocenters. The topological polar surface area (TPSA) is 21.3 Å². The smallest absolute Gasteiger partial charge is 0.142 e. The molecule has 0 spiro atoms. The van der Waals surface area contributed by atoms with Gasteiger partial charge < -0.3 is 10.1 Å². The molecule has 1 aromatic carbocycles. The van der Waals surface area contributed by atoms with Gasteiger partial charge in [0.25, 0.3) is 0 Å². The zero-order chi connectivity index (χ0) is 13.7. The van der Waals surface area contributed by atoms with E-state index in [-0.39, 0.29) is 0 Å². The van der Waals surface area contributed by atoms with Crippen LogP contribution in [0.25, 0.3) is 0 Å². The van der Waals surface area contributed by atoms with Gasteiger partial charge in [-0.25, -0.2) is 0 Å². The highest BCUT2D eigenvalue weighted by molar-refractivity contribution is 6.32. The van der Waals surface area contributed by atoms with Crippen LogP contribution in [0.15, 0.2) is 18.2 Å². The molecule has 1 fully saturated rings. The lowest BCUT2D eigenvalue weighted by Crippen LogP contribution is -2.25. The third-order valence-corrected chi connectivity index (χ3v) is 4.08. The van der Waals surface area contributed by atoms with Gasteiger partial charge in [0, 0.05) is 12.1 Å². The minimum absolute atomic E-state index is 0.323. The highest BCUT2D eigenvalue weighted by atomic mass is 35.5. The molecule has 0 amide bonds. The van der Waals surface area contributed by atoms with E-state index >= 15 is 0 Å². The number of hydrogen-bond acceptors (Lipinski definition) is 2. The van der Waals surface area contributed by atoms with Gasteiger partial charge in [0.15, 0.2) is 0 Å². The van der Waals surface area contributed by atoms with Crippen molar-refractivity contribution in [1.29, 1.82) is 0 Å². The van der Waals surface area contributed by atoms with E-state index in [1.165, 1.54) is 12.8 Å². The lowest BCUT2D eigenvalue weighted by atomic mass is 9.88. The van der Waals surface area contributed by atoms with Crippen LogP contribution >= 0.6 is 11.6 Å². The summed E-state index contributed by atoms with van der Waals surface area (Å²) in [6.45, 7) is 6.18. The molecule has 19 heavy (non-hydrogen) atoms. The maximum absolute atomic E-state index is 6.31. The predicted molar refractivity (Wildman–Crippen MR) is 80.9 cm³/mol. The van der Waals surface area contributed by atoms with E-state index in [2.05, 4.69) is 25.2 Å². The van der Waals surface area contributed by atoms with E-state index in [4.69, 9.17) is 16.3 Å². The summed E-state index contributed by atoms with van der Waals surface area (Å²) < 4.78 is 6.21. The molecule has 0 bridgehead atoms. The zero-order valence-electron chi connectivity index (χ0n) is 11.9. The van der Waals surface area contributed by atoms with Gasteiger partial charge in [0.05, 0.1) is 11.1 Å². The normalized spacial score (nSPS) is 23.3. The first-order valence-corrected chi connectivity index (χ1v) is 7.73. The Morgan fingerprint density at radius 2 is 2.21 bits per heavy atom. The van der Waals surface area contributed by atoms with Gasteiger partial charge in [-0.05, 0) is 37.8 Å². The van der Waals surface area contributed by atoms with Crippen molar-refractivity contribution in [2.75, 3.05) is 6.54 Å². The fraction of sp³-hybridized carbons (Fsp3) is 0.625. The van der Waals surface area contributed by atoms with Crippen molar-refractivity contribution >= 4 is 11.6 Å². The monoisotopic (exact) mass is 281 g/mol. The molecule has 1 aliphatic carbocycles. The van der Waals surface area contributed by atoms with Crippen molar-refractivity contribution < 1.29 is 4.74 Å². The van der Waals surface area contributed by atoms with Crippen LogP contribution in [-0.4, -0.2) is 12.6 Å². The zero-order valence-corrected chi connectivity index (χ0v) is 12.7. The van der Waals surface area contributed by atoms with Crippen LogP contribution in [0, 0.1) is 5.92 Å². The van der Waals surface area contributed by atoms with Crippen molar-refractivity contribution in [2.24, 2.45) is 5.92 Å². The van der Waals surface area contributed by atoms with Gasteiger partial charge in [-0.1, -0.05) is 44.0 Å². The number of ether oxygens (including phenoxy) is 1. The summed E-state index contributed by atoms with van der Waals surface area (Å²) in [6, 6.07) is 6.00. The first-order chi connectivity index (χ1) is 9.20. The van der Waals surface area contributed by atoms with Gasteiger partial charge in [-0.3, -0.25) is 0 Å². The molecule has 106 valence electrons. The van der Waals surface area contributed by atoms with Crippen molar-refractivity contribution in [1.82, 2.24) is 5.32 Å². The summed E-state index contributed by atoms with van der Waals surface area (Å²) in [7, 11) is 0. The van der Waals surface area contributed by atoms with Crippen LogP contribution in [0.3, 0.4) is 0 Å². The van der Waals surface area contributed by atoms with Crippen LogP contribution in [0.1, 0.15) is 45.1 Å². The van der Waals surface area contributed by atoms with E-state index in [1.54, 1.807) is 0 Å². The average Bonchev–Trinajstić information content (AvgIpc) is 2.39. The van der Waals surface area contributed by atoms with Crippen LogP contribution in [0.4, 0.5) is 0 Å². The number of nitrogens with one attached hydrogen (secondary N) is 1. The molecule has 3 heteroatoms. The molecule has 0 radical (unpaired) electrons. The Balaban J connectivity index is 2.09. The molecule has 1 aliphatic rings. The predicted octanol–water partition coefficient (Wildman–Crippen LogP) is 4.41. The molecule has 0 aromatic heterocycles. The van der Waals surface area contributed by atoms with Crippen LogP contribution in [-0.2, 0) is 6.54 Å². The molecule has 1 aromatic rings. The van der Waals surface area contributed by atoms with Gasteiger partial charge in [-0.15, -0.1) is 0 Å². The molecule has 0 saturated heterocycles. The van der Waals surface area contributed by atoms with Crippen molar-refractivity contribution in [3.05, 3.63) is 28.8 Å². The van der Waals surface area contributed by atoms with Crippen molar-refractivity contribution in [2.45, 2.75) is 52.2 Å². The highest BCUT2D eigenvalue weighted by Crippen LogP contribution is 2.33. The second-order valence-corrected chi connectivity index (χ2v) is 5.93. The molecule has 1 N–H and O–H groups in total. The minimum Gasteiger partial charge on any atom is -0.489 e. The molecular weight excluding hydrogens is 258 g/mol. The molecule has 0 heterocycles. The Morgan fingerprint density at radius 3 is 2.95 bits per heavy atom. The molecule has 0 aliphatic heterocycles. The SMILES string of the molecule is CCNCc1cccc(Cl)c1OC1CCCC(C)C1. The third-order valence-electron chi connectivity index (χ3n) is 3.79. The summed E-state index contributed by atoms with van der Waals surface area (Å²) in [5.41, 5.74) is 1.16. The Kier molecular flexibility index (Phi) is 5.53. The number of halogens is 1. The molecule has 2 rings (SSSR count). The summed E-state index contributed by atoms with van der Waals surface area (Å²) in [6.07, 6.45) is 5.21. The fourth-order valence-electron chi connectivity index (χ4n) is 2.74. The van der Waals surface area contributed by atoms with Crippen LogP contribution in [0.5, 0.6) is 5.75 Å². The van der Waals surface area contributed by atoms with Crippen LogP contribution < -0.4 is 10.1 Å². The number of rotatable bonds is 5. The first kappa shape index (κ1) is 14.7. The lowest BCUT2D eigenvalue weighted by molar-refractivity contribution is 0.128. The molecular formula is C16H24ClNO. The van der Waals surface area contributed by atoms with E-state index in [1.807, 2.05) is 12.1 Å². The van der Waals surface area contributed by atoms with E-state index in [0.717, 1.165) is 48.2 Å². The highest BCUT2D eigenvalue weighted by Gasteiger charge is 2.22. The minimum atomic E-state index is 0.323. The number of hydrogen-bond donors (Lipinski definition) is 1. The third kappa shape index (κ3) is 4.12. The summed E-state index contributed by atoms with van der Waals surface area (Å²) in [4.78, 5) is 0. The van der Waals surface area contributed by atoms with Crippen molar-refractivity contribution in [3.63, 3.8) is 0 Å². The maximum atomic E-state index is 6.31. The molecule has 1 saturated carbocycles. The van der Waals surface area contributed by atoms with Crippen LogP contribution in [0.2, 0.25) is 5.02 Å². The van der Waals surface area contributed by atoms with Crippen molar-refractivity contribution in [3.8, 4) is 5.75 Å². The fourth-order valence-corrected chi connectivity index (χ4v) is 2.98. The Labute approximate surface area is 121 Å². The molecule has 2 nitrogen and oxygen atoms in total. The number of benzene rings is 1. The average molecular weight is 282 g/mol. The van der Waals surface area contributed by atoms with E-state index in [0.29, 0.717) is 6.10 Å².